The molecule has 0 unspecified atom stereocenters. The Labute approximate surface area is 89.5 Å². The molecule has 3 N–H and O–H groups in total. The van der Waals surface area contributed by atoms with Gasteiger partial charge in [-0.25, -0.2) is 8.42 Å². The van der Waals surface area contributed by atoms with Gasteiger partial charge >= 0.3 is 0 Å². The van der Waals surface area contributed by atoms with Gasteiger partial charge in [0.25, 0.3) is 0 Å². The zero-order valence-electron chi connectivity index (χ0n) is 8.68. The minimum Gasteiger partial charge on any atom is -0.330 e. The molecular weight excluding hydrogens is 216 g/mol. The van der Waals surface area contributed by atoms with Crippen LogP contribution < -0.4 is 10.5 Å². The summed E-state index contributed by atoms with van der Waals surface area (Å²) in [7, 11) is -1.55. The van der Waals surface area contributed by atoms with Crippen molar-refractivity contribution < 1.29 is 8.42 Å². The average molecular weight is 232 g/mol. The maximum atomic E-state index is 11.5. The number of sulfonamides is 1. The standard InChI is InChI=1S/C8H16N4O2S/c1-12-6-4-8(10-12)11-15(13,14)7-3-2-5-9/h4,6H,2-3,5,7,9H2,1H3,(H,10,11). The van der Waals surface area contributed by atoms with Crippen LogP contribution in [-0.4, -0.2) is 30.5 Å². The first-order chi connectivity index (χ1) is 7.03. The topological polar surface area (TPSA) is 90.0 Å². The molecule has 0 amide bonds. The van der Waals surface area contributed by atoms with Crippen molar-refractivity contribution >= 4 is 15.8 Å². The average Bonchev–Trinajstić information content (AvgIpc) is 2.50. The molecule has 0 saturated carbocycles. The van der Waals surface area contributed by atoms with Gasteiger partial charge in [0, 0.05) is 19.3 Å². The Hall–Kier alpha value is -1.08. The lowest BCUT2D eigenvalue weighted by molar-refractivity contribution is 0.596. The molecule has 0 aliphatic carbocycles. The van der Waals surface area contributed by atoms with Crippen molar-refractivity contribution in [1.82, 2.24) is 9.78 Å². The molecule has 0 aromatic carbocycles. The first-order valence-electron chi connectivity index (χ1n) is 4.74. The highest BCUT2D eigenvalue weighted by Crippen LogP contribution is 2.05. The molecule has 1 rings (SSSR count). The van der Waals surface area contributed by atoms with E-state index < -0.39 is 10.0 Å². The SMILES string of the molecule is Cn1ccc(NS(=O)(=O)CCCCN)n1. The Balaban J connectivity index is 2.49. The number of unbranched alkanes of at least 4 members (excludes halogenated alkanes) is 1. The second kappa shape index (κ2) is 5.13. The third-order valence-corrected chi connectivity index (χ3v) is 3.19. The minimum atomic E-state index is -3.27. The number of nitrogens with one attached hydrogen (secondary N) is 1. The molecule has 15 heavy (non-hydrogen) atoms. The zero-order chi connectivity index (χ0) is 11.3. The molecule has 0 aliphatic heterocycles. The van der Waals surface area contributed by atoms with Crippen molar-refractivity contribution in [3.63, 3.8) is 0 Å². The molecule has 6 nitrogen and oxygen atoms in total. The van der Waals surface area contributed by atoms with Crippen LogP contribution in [0.3, 0.4) is 0 Å². The fourth-order valence-corrected chi connectivity index (χ4v) is 2.23. The number of nitrogens with zero attached hydrogens (tertiary/aromatic N) is 2. The molecule has 0 fully saturated rings. The summed E-state index contributed by atoms with van der Waals surface area (Å²) in [5, 5.41) is 3.93. The molecule has 0 atom stereocenters. The van der Waals surface area contributed by atoms with Gasteiger partial charge in [0.2, 0.25) is 10.0 Å². The quantitative estimate of drug-likeness (QED) is 0.670. The minimum absolute atomic E-state index is 0.0841. The largest absolute Gasteiger partial charge is 0.330 e. The molecule has 0 radical (unpaired) electrons. The third-order valence-electron chi connectivity index (χ3n) is 1.84. The molecule has 0 saturated heterocycles. The van der Waals surface area contributed by atoms with Crippen LogP contribution in [-0.2, 0) is 17.1 Å². The second-order valence-corrected chi connectivity index (χ2v) is 5.13. The summed E-state index contributed by atoms with van der Waals surface area (Å²) >= 11 is 0. The fraction of sp³-hybridized carbons (Fsp3) is 0.625. The smallest absolute Gasteiger partial charge is 0.233 e. The van der Waals surface area contributed by atoms with E-state index in [0.717, 1.165) is 0 Å². The second-order valence-electron chi connectivity index (χ2n) is 3.29. The Morgan fingerprint density at radius 2 is 2.27 bits per heavy atom. The lowest BCUT2D eigenvalue weighted by Gasteiger charge is -2.04. The molecule has 1 heterocycles. The maximum Gasteiger partial charge on any atom is 0.233 e. The monoisotopic (exact) mass is 232 g/mol. The number of rotatable bonds is 6. The molecule has 1 aromatic rings. The van der Waals surface area contributed by atoms with Crippen molar-refractivity contribution in [2.24, 2.45) is 12.8 Å². The van der Waals surface area contributed by atoms with Gasteiger partial charge < -0.3 is 5.73 Å². The molecule has 86 valence electrons. The summed E-state index contributed by atoms with van der Waals surface area (Å²) in [4.78, 5) is 0. The highest BCUT2D eigenvalue weighted by Gasteiger charge is 2.10. The van der Waals surface area contributed by atoms with E-state index in [1.807, 2.05) is 0 Å². The zero-order valence-corrected chi connectivity index (χ0v) is 9.50. The number of hydrogen-bond donors (Lipinski definition) is 2. The summed E-state index contributed by atoms with van der Waals surface area (Å²) in [5.74, 6) is 0.436. The number of aromatic nitrogens is 2. The predicted molar refractivity (Wildman–Crippen MR) is 58.9 cm³/mol. The van der Waals surface area contributed by atoms with E-state index in [2.05, 4.69) is 9.82 Å². The van der Waals surface area contributed by atoms with Crippen molar-refractivity contribution in [3.05, 3.63) is 12.3 Å². The molecule has 0 bridgehead atoms. The summed E-state index contributed by atoms with van der Waals surface area (Å²) in [6.07, 6.45) is 2.96. The van der Waals surface area contributed by atoms with Crippen molar-refractivity contribution in [1.29, 1.82) is 0 Å². The van der Waals surface area contributed by atoms with E-state index >= 15 is 0 Å². The van der Waals surface area contributed by atoms with Crippen LogP contribution in [0.15, 0.2) is 12.3 Å². The van der Waals surface area contributed by atoms with E-state index in [9.17, 15) is 8.42 Å². The molecule has 0 spiro atoms. The summed E-state index contributed by atoms with van der Waals surface area (Å²) in [6, 6.07) is 1.61. The van der Waals surface area contributed by atoms with Gasteiger partial charge in [-0.1, -0.05) is 0 Å². The Bertz CT molecular complexity index is 399. The van der Waals surface area contributed by atoms with Crippen LogP contribution in [0.1, 0.15) is 12.8 Å². The highest BCUT2D eigenvalue weighted by atomic mass is 32.2. The Morgan fingerprint density at radius 1 is 1.53 bits per heavy atom. The molecule has 1 aromatic heterocycles. The predicted octanol–water partition coefficient (Wildman–Crippen LogP) is -0.0993. The number of hydrogen-bond acceptors (Lipinski definition) is 4. The van der Waals surface area contributed by atoms with Gasteiger partial charge in [-0.05, 0) is 19.4 Å². The summed E-state index contributed by atoms with van der Waals surface area (Å²) in [5.41, 5.74) is 5.28. The third kappa shape index (κ3) is 4.30. The van der Waals surface area contributed by atoms with Crippen LogP contribution in [0, 0.1) is 0 Å². The van der Waals surface area contributed by atoms with E-state index in [1.54, 1.807) is 19.3 Å². The van der Waals surface area contributed by atoms with Crippen LogP contribution in [0.25, 0.3) is 0 Å². The van der Waals surface area contributed by atoms with E-state index in [4.69, 9.17) is 5.73 Å². The molecule has 7 heteroatoms. The van der Waals surface area contributed by atoms with Crippen molar-refractivity contribution in [3.8, 4) is 0 Å². The van der Waals surface area contributed by atoms with Gasteiger partial charge in [-0.15, -0.1) is 0 Å². The van der Waals surface area contributed by atoms with Gasteiger partial charge in [-0.3, -0.25) is 9.40 Å². The lowest BCUT2D eigenvalue weighted by atomic mass is 10.3. The van der Waals surface area contributed by atoms with Gasteiger partial charge in [0.15, 0.2) is 5.82 Å². The van der Waals surface area contributed by atoms with Crippen LogP contribution in [0.5, 0.6) is 0 Å². The highest BCUT2D eigenvalue weighted by molar-refractivity contribution is 7.92. The van der Waals surface area contributed by atoms with E-state index in [0.29, 0.717) is 25.2 Å². The maximum absolute atomic E-state index is 11.5. The van der Waals surface area contributed by atoms with Crippen molar-refractivity contribution in [2.75, 3.05) is 17.0 Å². The van der Waals surface area contributed by atoms with Crippen LogP contribution in [0.2, 0.25) is 0 Å². The van der Waals surface area contributed by atoms with Crippen LogP contribution >= 0.6 is 0 Å². The van der Waals surface area contributed by atoms with E-state index in [-0.39, 0.29) is 5.75 Å². The van der Waals surface area contributed by atoms with Gasteiger partial charge in [-0.2, -0.15) is 5.10 Å². The van der Waals surface area contributed by atoms with Gasteiger partial charge in [0.05, 0.1) is 5.75 Å². The number of aryl methyl sites for hydroxylation is 1. The lowest BCUT2D eigenvalue weighted by Crippen LogP contribution is -2.17. The Morgan fingerprint density at radius 3 is 2.80 bits per heavy atom. The van der Waals surface area contributed by atoms with Crippen molar-refractivity contribution in [2.45, 2.75) is 12.8 Å². The summed E-state index contributed by atoms with van der Waals surface area (Å²) in [6.45, 7) is 0.513. The van der Waals surface area contributed by atoms with Crippen LogP contribution in [0.4, 0.5) is 5.82 Å². The number of nitrogens with two attached hydrogens (primary N) is 1. The molecule has 0 aliphatic rings. The fourth-order valence-electron chi connectivity index (χ4n) is 1.12. The first-order valence-corrected chi connectivity index (χ1v) is 6.39. The summed E-state index contributed by atoms with van der Waals surface area (Å²) < 4.78 is 26.9. The normalized spacial score (nSPS) is 11.6. The van der Waals surface area contributed by atoms with Gasteiger partial charge in [0.1, 0.15) is 0 Å². The molecular formula is C8H16N4O2S. The first kappa shape index (κ1) is 12.0. The number of anilines is 1. The van der Waals surface area contributed by atoms with E-state index in [1.165, 1.54) is 4.68 Å². The Kier molecular flexibility index (Phi) is 4.10.